The van der Waals surface area contributed by atoms with Crippen LogP contribution in [0.3, 0.4) is 0 Å². The predicted molar refractivity (Wildman–Crippen MR) is 106 cm³/mol. The van der Waals surface area contributed by atoms with Crippen molar-refractivity contribution in [3.63, 3.8) is 0 Å². The van der Waals surface area contributed by atoms with Gasteiger partial charge in [-0.1, -0.05) is 11.6 Å². The summed E-state index contributed by atoms with van der Waals surface area (Å²) in [7, 11) is 0. The summed E-state index contributed by atoms with van der Waals surface area (Å²) in [6.45, 7) is 0.670. The number of nitrogens with one attached hydrogen (secondary N) is 1. The topological polar surface area (TPSA) is 42.7 Å². The van der Waals surface area contributed by atoms with E-state index in [2.05, 4.69) is 31.3 Å². The number of hydrogen-bond donors (Lipinski definition) is 1. The third kappa shape index (κ3) is 3.63. The number of nitrogens with zero attached hydrogens (tertiary/aromatic N) is 3. The van der Waals surface area contributed by atoms with Crippen LogP contribution in [0.1, 0.15) is 24.0 Å². The number of benzene rings is 1. The summed E-state index contributed by atoms with van der Waals surface area (Å²) in [4.78, 5) is 4.17. The molecule has 9 heteroatoms. The number of aromatic nitrogens is 3. The predicted octanol–water partition coefficient (Wildman–Crippen LogP) is 6.12. The van der Waals surface area contributed by atoms with Gasteiger partial charge in [0.2, 0.25) is 0 Å². The average molecular weight is 472 g/mol. The highest BCUT2D eigenvalue weighted by Crippen LogP contribution is 2.39. The van der Waals surface area contributed by atoms with Gasteiger partial charge in [-0.2, -0.15) is 18.3 Å². The highest BCUT2D eigenvalue weighted by molar-refractivity contribution is 9.10. The molecule has 0 saturated carbocycles. The summed E-state index contributed by atoms with van der Waals surface area (Å²) in [5.41, 5.74) is 1.38. The fourth-order valence-electron chi connectivity index (χ4n) is 3.37. The molecular weight excluding hydrogens is 457 g/mol. The van der Waals surface area contributed by atoms with Crippen molar-refractivity contribution in [3.8, 4) is 16.9 Å². The molecule has 28 heavy (non-hydrogen) atoms. The molecule has 0 radical (unpaired) electrons. The van der Waals surface area contributed by atoms with E-state index in [9.17, 15) is 13.2 Å². The van der Waals surface area contributed by atoms with E-state index in [0.717, 1.165) is 40.9 Å². The van der Waals surface area contributed by atoms with Gasteiger partial charge >= 0.3 is 6.18 Å². The van der Waals surface area contributed by atoms with E-state index in [1.54, 1.807) is 12.4 Å². The Morgan fingerprint density at radius 2 is 1.96 bits per heavy atom. The molecule has 0 fully saturated rings. The number of halogens is 5. The maximum Gasteiger partial charge on any atom is 0.418 e. The molecule has 1 N–H and O–H groups in total. The van der Waals surface area contributed by atoms with E-state index in [1.165, 1.54) is 16.8 Å². The van der Waals surface area contributed by atoms with Crippen LogP contribution in [0.5, 0.6) is 0 Å². The molecule has 4 nitrogen and oxygen atoms in total. The summed E-state index contributed by atoms with van der Waals surface area (Å²) in [6.07, 6.45) is 1.33. The van der Waals surface area contributed by atoms with Crippen LogP contribution in [0.2, 0.25) is 5.02 Å². The molecule has 0 spiro atoms. The zero-order chi connectivity index (χ0) is 19.9. The molecule has 1 aliphatic rings. The van der Waals surface area contributed by atoms with Crippen molar-refractivity contribution in [2.45, 2.75) is 25.4 Å². The highest BCUT2D eigenvalue weighted by atomic mass is 79.9. The first kappa shape index (κ1) is 19.3. The lowest BCUT2D eigenvalue weighted by molar-refractivity contribution is -0.137. The van der Waals surface area contributed by atoms with E-state index in [1.807, 2.05) is 6.07 Å². The number of anilines is 1. The largest absolute Gasteiger partial charge is 0.418 e. The SMILES string of the molecule is FC(F)(F)c1cc(Cl)ccc1-n1nc(-c2cncc(Br)c2)c2c1NCCCC2. The first-order chi connectivity index (χ1) is 13.3. The third-order valence-corrected chi connectivity index (χ3v) is 5.27. The van der Waals surface area contributed by atoms with Crippen LogP contribution in [-0.2, 0) is 12.6 Å². The molecule has 0 aliphatic carbocycles. The fraction of sp³-hybridized carbons (Fsp3) is 0.263. The zero-order valence-corrected chi connectivity index (χ0v) is 16.9. The maximum absolute atomic E-state index is 13.7. The Kier molecular flexibility index (Phi) is 5.09. The van der Waals surface area contributed by atoms with Crippen LogP contribution < -0.4 is 5.32 Å². The molecule has 0 unspecified atom stereocenters. The maximum atomic E-state index is 13.7. The molecule has 0 atom stereocenters. The highest BCUT2D eigenvalue weighted by Gasteiger charge is 2.36. The Labute approximate surface area is 172 Å². The van der Waals surface area contributed by atoms with Crippen molar-refractivity contribution in [3.05, 3.63) is 57.3 Å². The molecular formula is C19H15BrClF3N4. The van der Waals surface area contributed by atoms with Gasteiger partial charge in [0.1, 0.15) is 5.82 Å². The van der Waals surface area contributed by atoms with Gasteiger partial charge in [0.15, 0.2) is 0 Å². The number of alkyl halides is 3. The summed E-state index contributed by atoms with van der Waals surface area (Å²) in [5.74, 6) is 0.584. The minimum absolute atomic E-state index is 0.0266. The quantitative estimate of drug-likeness (QED) is 0.490. The summed E-state index contributed by atoms with van der Waals surface area (Å²) < 4.78 is 43.1. The average Bonchev–Trinajstić information content (AvgIpc) is 2.82. The van der Waals surface area contributed by atoms with Crippen molar-refractivity contribution < 1.29 is 13.2 Å². The molecule has 4 rings (SSSR count). The molecule has 0 amide bonds. The second-order valence-electron chi connectivity index (χ2n) is 6.52. The smallest absolute Gasteiger partial charge is 0.370 e. The van der Waals surface area contributed by atoms with E-state index < -0.39 is 11.7 Å². The Hall–Kier alpha value is -2.06. The Morgan fingerprint density at radius 3 is 2.71 bits per heavy atom. The molecule has 3 aromatic rings. The van der Waals surface area contributed by atoms with E-state index >= 15 is 0 Å². The van der Waals surface area contributed by atoms with E-state index in [4.69, 9.17) is 11.6 Å². The Balaban J connectivity index is 1.97. The van der Waals surface area contributed by atoms with Crippen LogP contribution in [0.15, 0.2) is 41.1 Å². The summed E-state index contributed by atoms with van der Waals surface area (Å²) in [5, 5.41) is 7.85. The van der Waals surface area contributed by atoms with Crippen molar-refractivity contribution >= 4 is 33.3 Å². The molecule has 1 aliphatic heterocycles. The van der Waals surface area contributed by atoms with Crippen molar-refractivity contribution in [1.82, 2.24) is 14.8 Å². The Morgan fingerprint density at radius 1 is 1.14 bits per heavy atom. The first-order valence-corrected chi connectivity index (χ1v) is 9.85. The molecule has 146 valence electrons. The summed E-state index contributed by atoms with van der Waals surface area (Å²) >= 11 is 9.23. The third-order valence-electron chi connectivity index (χ3n) is 4.60. The lowest BCUT2D eigenvalue weighted by atomic mass is 10.1. The zero-order valence-electron chi connectivity index (χ0n) is 14.5. The minimum atomic E-state index is -4.55. The van der Waals surface area contributed by atoms with Gasteiger partial charge in [-0.15, -0.1) is 0 Å². The molecule has 0 bridgehead atoms. The molecule has 1 aromatic carbocycles. The minimum Gasteiger partial charge on any atom is -0.370 e. The van der Waals surface area contributed by atoms with Gasteiger partial charge in [-0.25, -0.2) is 4.68 Å². The van der Waals surface area contributed by atoms with Gasteiger partial charge in [-0.05, 0) is 59.5 Å². The van der Waals surface area contributed by atoms with E-state index in [0.29, 0.717) is 18.1 Å². The number of fused-ring (bicyclic) bond motifs is 1. The monoisotopic (exact) mass is 470 g/mol. The lowest BCUT2D eigenvalue weighted by Gasteiger charge is -2.16. The van der Waals surface area contributed by atoms with Crippen LogP contribution >= 0.6 is 27.5 Å². The van der Waals surface area contributed by atoms with Gasteiger partial charge in [-0.3, -0.25) is 4.98 Å². The lowest BCUT2D eigenvalue weighted by Crippen LogP contribution is -2.14. The molecule has 3 heterocycles. The number of pyridine rings is 1. The van der Waals surface area contributed by atoms with Crippen LogP contribution in [0.4, 0.5) is 19.0 Å². The second-order valence-corrected chi connectivity index (χ2v) is 7.87. The van der Waals surface area contributed by atoms with Crippen molar-refractivity contribution in [2.75, 3.05) is 11.9 Å². The van der Waals surface area contributed by atoms with Crippen LogP contribution in [-0.4, -0.2) is 21.3 Å². The second kappa shape index (κ2) is 7.40. The van der Waals surface area contributed by atoms with Crippen LogP contribution in [0.25, 0.3) is 16.9 Å². The Bertz CT molecular complexity index is 1030. The van der Waals surface area contributed by atoms with Gasteiger partial charge in [0, 0.05) is 39.6 Å². The van der Waals surface area contributed by atoms with Crippen LogP contribution in [0, 0.1) is 0 Å². The van der Waals surface area contributed by atoms with Crippen molar-refractivity contribution in [1.29, 1.82) is 0 Å². The van der Waals surface area contributed by atoms with Gasteiger partial charge < -0.3 is 5.32 Å². The summed E-state index contributed by atoms with van der Waals surface area (Å²) in [6, 6.07) is 5.59. The normalized spacial score (nSPS) is 14.3. The van der Waals surface area contributed by atoms with E-state index in [-0.39, 0.29) is 10.7 Å². The molecule has 0 saturated heterocycles. The standard InChI is InChI=1S/C19H15BrClF3N4/c20-12-7-11(9-25-10-12)17-14-3-1-2-6-26-18(14)28(27-17)16-5-4-13(21)8-15(16)19(22,23)24/h4-5,7-10,26H,1-3,6H2. The fourth-order valence-corrected chi connectivity index (χ4v) is 3.91. The molecule has 2 aromatic heterocycles. The first-order valence-electron chi connectivity index (χ1n) is 8.68. The van der Waals surface area contributed by atoms with Gasteiger partial charge in [0.25, 0.3) is 0 Å². The number of hydrogen-bond acceptors (Lipinski definition) is 3. The number of rotatable bonds is 2. The van der Waals surface area contributed by atoms with Gasteiger partial charge in [0.05, 0.1) is 16.9 Å². The van der Waals surface area contributed by atoms with Crippen molar-refractivity contribution in [2.24, 2.45) is 0 Å².